The molecule has 13 heteroatoms. The summed E-state index contributed by atoms with van der Waals surface area (Å²) in [5.41, 5.74) is 1.83. The van der Waals surface area contributed by atoms with Crippen LogP contribution in [0.2, 0.25) is 0 Å². The average Bonchev–Trinajstić information content (AvgIpc) is 3.61. The highest BCUT2D eigenvalue weighted by Crippen LogP contribution is 2.26. The number of fused-ring (bicyclic) bond motifs is 1. The van der Waals surface area contributed by atoms with Crippen molar-refractivity contribution in [3.63, 3.8) is 0 Å². The Morgan fingerprint density at radius 3 is 2.65 bits per heavy atom. The van der Waals surface area contributed by atoms with Gasteiger partial charge in [-0.15, -0.1) is 5.10 Å². The quantitative estimate of drug-likeness (QED) is 0.411. The minimum Gasteiger partial charge on any atom is -0.353 e. The van der Waals surface area contributed by atoms with Crippen LogP contribution in [0.5, 0.6) is 0 Å². The molecule has 6 rings (SSSR count). The third-order valence-electron chi connectivity index (χ3n) is 6.94. The Balaban J connectivity index is 1.25. The zero-order valence-corrected chi connectivity index (χ0v) is 21.2. The summed E-state index contributed by atoms with van der Waals surface area (Å²) in [5.74, 6) is 1.96. The van der Waals surface area contributed by atoms with Crippen molar-refractivity contribution in [2.75, 3.05) is 47.9 Å². The van der Waals surface area contributed by atoms with Gasteiger partial charge in [0.15, 0.2) is 27.1 Å². The van der Waals surface area contributed by atoms with Gasteiger partial charge in [-0.3, -0.25) is 9.69 Å². The number of hydrogen-bond acceptors (Lipinski definition) is 9. The van der Waals surface area contributed by atoms with E-state index in [0.717, 1.165) is 18.7 Å². The Morgan fingerprint density at radius 2 is 1.92 bits per heavy atom. The molecule has 6 heterocycles. The molecule has 2 aliphatic heterocycles. The molecule has 0 spiro atoms. The van der Waals surface area contributed by atoms with Crippen LogP contribution in [0.1, 0.15) is 22.3 Å². The van der Waals surface area contributed by atoms with E-state index in [-0.39, 0.29) is 23.5 Å². The van der Waals surface area contributed by atoms with Crippen molar-refractivity contribution in [1.82, 2.24) is 34.3 Å². The van der Waals surface area contributed by atoms with Crippen molar-refractivity contribution >= 4 is 33.0 Å². The SMILES string of the molecule is Cc1ccc(-n2nc(N3CCN([C@H]4CCS(=O)(=O)C4)CC3)cc2NC(=O)c2cnn3cccnc23)nc1. The second-order valence-electron chi connectivity index (χ2n) is 9.47. The third-order valence-corrected chi connectivity index (χ3v) is 8.69. The van der Waals surface area contributed by atoms with Crippen LogP contribution in [0.3, 0.4) is 0 Å². The fourth-order valence-electron chi connectivity index (χ4n) is 4.92. The summed E-state index contributed by atoms with van der Waals surface area (Å²) in [5, 5.41) is 12.0. The molecule has 2 aliphatic rings. The lowest BCUT2D eigenvalue weighted by Gasteiger charge is -2.37. The molecule has 0 bridgehead atoms. The zero-order valence-electron chi connectivity index (χ0n) is 20.4. The van der Waals surface area contributed by atoms with Gasteiger partial charge in [0.2, 0.25) is 0 Å². The molecule has 37 heavy (non-hydrogen) atoms. The van der Waals surface area contributed by atoms with Gasteiger partial charge in [0, 0.05) is 56.9 Å². The summed E-state index contributed by atoms with van der Waals surface area (Å²) in [4.78, 5) is 26.4. The summed E-state index contributed by atoms with van der Waals surface area (Å²) in [6.07, 6.45) is 7.30. The van der Waals surface area contributed by atoms with Crippen molar-refractivity contribution in [3.8, 4) is 5.82 Å². The number of sulfone groups is 1. The number of hydrogen-bond donors (Lipinski definition) is 1. The molecule has 2 fully saturated rings. The largest absolute Gasteiger partial charge is 0.353 e. The van der Waals surface area contributed by atoms with E-state index in [2.05, 4.69) is 30.2 Å². The first-order valence-electron chi connectivity index (χ1n) is 12.2. The second kappa shape index (κ2) is 9.23. The molecule has 1 atom stereocenters. The van der Waals surface area contributed by atoms with E-state index in [1.54, 1.807) is 33.9 Å². The molecule has 0 radical (unpaired) electrons. The lowest BCUT2D eigenvalue weighted by atomic mass is 10.2. The normalized spacial score (nSPS) is 19.9. The van der Waals surface area contributed by atoms with Gasteiger partial charge in [-0.05, 0) is 31.0 Å². The van der Waals surface area contributed by atoms with E-state index in [4.69, 9.17) is 5.10 Å². The van der Waals surface area contributed by atoms with Gasteiger partial charge in [-0.2, -0.15) is 9.78 Å². The Labute approximate surface area is 213 Å². The van der Waals surface area contributed by atoms with Crippen molar-refractivity contribution < 1.29 is 13.2 Å². The molecule has 4 aromatic heterocycles. The molecule has 12 nitrogen and oxygen atoms in total. The molecule has 4 aromatic rings. The Hall–Kier alpha value is -3.84. The highest BCUT2D eigenvalue weighted by Gasteiger charge is 2.34. The maximum absolute atomic E-state index is 13.2. The van der Waals surface area contributed by atoms with Crippen LogP contribution in [-0.4, -0.2) is 92.3 Å². The molecular formula is C24H27N9O3S. The summed E-state index contributed by atoms with van der Waals surface area (Å²) in [6, 6.07) is 7.48. The molecular weight excluding hydrogens is 494 g/mol. The van der Waals surface area contributed by atoms with Gasteiger partial charge >= 0.3 is 0 Å². The highest BCUT2D eigenvalue weighted by molar-refractivity contribution is 7.91. The van der Waals surface area contributed by atoms with E-state index < -0.39 is 9.84 Å². The van der Waals surface area contributed by atoms with E-state index in [1.165, 1.54) is 6.20 Å². The molecule has 2 saturated heterocycles. The zero-order chi connectivity index (χ0) is 25.6. The summed E-state index contributed by atoms with van der Waals surface area (Å²) in [7, 11) is -2.92. The van der Waals surface area contributed by atoms with Crippen molar-refractivity contribution in [2.24, 2.45) is 0 Å². The fourth-order valence-corrected chi connectivity index (χ4v) is 6.68. The maximum Gasteiger partial charge on any atom is 0.262 e. The van der Waals surface area contributed by atoms with Gasteiger partial charge in [0.05, 0.1) is 17.7 Å². The average molecular weight is 522 g/mol. The van der Waals surface area contributed by atoms with Gasteiger partial charge in [0.25, 0.3) is 5.91 Å². The van der Waals surface area contributed by atoms with Crippen molar-refractivity contribution in [1.29, 1.82) is 0 Å². The third kappa shape index (κ3) is 4.67. The minimum absolute atomic E-state index is 0.0933. The second-order valence-corrected chi connectivity index (χ2v) is 11.7. The van der Waals surface area contributed by atoms with Gasteiger partial charge < -0.3 is 10.2 Å². The van der Waals surface area contributed by atoms with Gasteiger partial charge in [-0.1, -0.05) is 6.07 Å². The van der Waals surface area contributed by atoms with Crippen LogP contribution in [0.15, 0.2) is 49.1 Å². The monoisotopic (exact) mass is 521 g/mol. The number of pyridine rings is 1. The summed E-state index contributed by atoms with van der Waals surface area (Å²) < 4.78 is 27.0. The van der Waals surface area contributed by atoms with Crippen LogP contribution in [0, 0.1) is 6.92 Å². The van der Waals surface area contributed by atoms with Crippen LogP contribution >= 0.6 is 0 Å². The topological polar surface area (TPSA) is 131 Å². The van der Waals surface area contributed by atoms with E-state index in [1.807, 2.05) is 25.1 Å². The van der Waals surface area contributed by atoms with Gasteiger partial charge in [0.1, 0.15) is 11.4 Å². The van der Waals surface area contributed by atoms with Crippen LogP contribution in [0.4, 0.5) is 11.6 Å². The molecule has 192 valence electrons. The number of carbonyl (C=O) groups is 1. The predicted octanol–water partition coefficient (Wildman–Crippen LogP) is 1.18. The number of nitrogens with zero attached hydrogens (tertiary/aromatic N) is 8. The maximum atomic E-state index is 13.2. The van der Waals surface area contributed by atoms with Crippen molar-refractivity contribution in [3.05, 3.63) is 60.2 Å². The molecule has 1 amide bonds. The lowest BCUT2D eigenvalue weighted by Crippen LogP contribution is -2.50. The number of aromatic nitrogens is 6. The first-order chi connectivity index (χ1) is 17.9. The number of carbonyl (C=O) groups excluding carboxylic acids is 1. The number of aryl methyl sites for hydroxylation is 1. The fraction of sp³-hybridized carbons (Fsp3) is 0.375. The Morgan fingerprint density at radius 1 is 1.08 bits per heavy atom. The summed E-state index contributed by atoms with van der Waals surface area (Å²) in [6.45, 7) is 4.89. The minimum atomic E-state index is -2.92. The van der Waals surface area contributed by atoms with E-state index in [0.29, 0.717) is 48.2 Å². The molecule has 0 unspecified atom stereocenters. The van der Waals surface area contributed by atoms with Crippen LogP contribution in [0.25, 0.3) is 11.5 Å². The predicted molar refractivity (Wildman–Crippen MR) is 138 cm³/mol. The smallest absolute Gasteiger partial charge is 0.262 e. The number of amides is 1. The first-order valence-corrected chi connectivity index (χ1v) is 14.0. The lowest BCUT2D eigenvalue weighted by molar-refractivity contribution is 0.102. The van der Waals surface area contributed by atoms with Crippen LogP contribution in [-0.2, 0) is 9.84 Å². The number of nitrogens with one attached hydrogen (secondary N) is 1. The first kappa shape index (κ1) is 23.6. The highest BCUT2D eigenvalue weighted by atomic mass is 32.2. The Kier molecular flexibility index (Phi) is 5.88. The summed E-state index contributed by atoms with van der Waals surface area (Å²) >= 11 is 0. The van der Waals surface area contributed by atoms with Crippen molar-refractivity contribution in [2.45, 2.75) is 19.4 Å². The van der Waals surface area contributed by atoms with Gasteiger partial charge in [-0.25, -0.2) is 22.9 Å². The molecule has 0 aromatic carbocycles. The number of rotatable bonds is 5. The molecule has 1 N–H and O–H groups in total. The number of piperazine rings is 1. The van der Waals surface area contributed by atoms with Crippen LogP contribution < -0.4 is 10.2 Å². The standard InChI is InChI=1S/C24H27N9O3S/c1-17-3-4-20(26-14-17)33-21(28-24(34)19-15-27-32-7-2-6-25-23(19)32)13-22(29-33)31-10-8-30(9-11-31)18-5-12-37(35,36)16-18/h2-4,6-7,13-15,18H,5,8-12,16H2,1H3,(H,28,34)/t18-/m0/s1. The van der Waals surface area contributed by atoms with E-state index >= 15 is 0 Å². The van der Waals surface area contributed by atoms with E-state index in [9.17, 15) is 13.2 Å². The molecule has 0 aliphatic carbocycles. The number of anilines is 2. The molecule has 0 saturated carbocycles. The Bertz CT molecular complexity index is 1550.